The van der Waals surface area contributed by atoms with E-state index in [9.17, 15) is 18.3 Å². The molecule has 196 valence electrons. The summed E-state index contributed by atoms with van der Waals surface area (Å²) in [5.41, 5.74) is 1.54. The normalized spacial score (nSPS) is 19.5. The number of benzene rings is 1. The van der Waals surface area contributed by atoms with E-state index in [4.69, 9.17) is 39.8 Å². The molecule has 1 aromatic heterocycles. The molecule has 2 aromatic rings. The number of aryl methyl sites for hydroxylation is 1. The second kappa shape index (κ2) is 10.6. The summed E-state index contributed by atoms with van der Waals surface area (Å²) in [6.07, 6.45) is 8.49. The number of thiocarbonyl (C=S) groups is 1. The van der Waals surface area contributed by atoms with Gasteiger partial charge < -0.3 is 9.52 Å². The standard InChI is InChI=1S/C27H27Cl2NO5S2/c28-19-13-22(36)23(14-20(19)29)37(33,34)30-17-7-5-6-16(12-17)24(15-10-11-15)25-26(31)18-8-3-1-2-4-9-21(18)35-27(25)32/h5-7,12,14-15,24,30-31H,1-4,8-11,13H2. The highest BCUT2D eigenvalue weighted by atomic mass is 35.5. The van der Waals surface area contributed by atoms with E-state index in [1.54, 1.807) is 18.2 Å². The minimum Gasteiger partial charge on any atom is -0.507 e. The van der Waals surface area contributed by atoms with Crippen molar-refractivity contribution in [1.82, 2.24) is 0 Å². The van der Waals surface area contributed by atoms with Gasteiger partial charge in [-0.25, -0.2) is 13.2 Å². The molecule has 0 bridgehead atoms. The van der Waals surface area contributed by atoms with E-state index >= 15 is 0 Å². The molecule has 0 saturated heterocycles. The van der Waals surface area contributed by atoms with E-state index < -0.39 is 21.6 Å². The predicted molar refractivity (Wildman–Crippen MR) is 150 cm³/mol. The van der Waals surface area contributed by atoms with Gasteiger partial charge in [0.05, 0.1) is 10.6 Å². The van der Waals surface area contributed by atoms with Crippen LogP contribution in [0.2, 0.25) is 0 Å². The molecule has 6 nitrogen and oxygen atoms in total. The highest BCUT2D eigenvalue weighted by molar-refractivity contribution is 7.99. The lowest BCUT2D eigenvalue weighted by Crippen LogP contribution is -2.22. The summed E-state index contributed by atoms with van der Waals surface area (Å²) in [7, 11) is -4.03. The van der Waals surface area contributed by atoms with Gasteiger partial charge >= 0.3 is 5.63 Å². The number of halogens is 2. The van der Waals surface area contributed by atoms with Crippen molar-refractivity contribution < 1.29 is 17.9 Å². The first-order chi connectivity index (χ1) is 17.7. The lowest BCUT2D eigenvalue weighted by atomic mass is 9.85. The summed E-state index contributed by atoms with van der Waals surface area (Å²) in [6.45, 7) is 0. The number of hydrogen-bond acceptors (Lipinski definition) is 6. The monoisotopic (exact) mass is 579 g/mol. The highest BCUT2D eigenvalue weighted by Gasteiger charge is 2.38. The largest absolute Gasteiger partial charge is 0.507 e. The summed E-state index contributed by atoms with van der Waals surface area (Å²) in [5.74, 6) is 0.383. The summed E-state index contributed by atoms with van der Waals surface area (Å²) >= 11 is 17.3. The van der Waals surface area contributed by atoms with E-state index in [1.165, 1.54) is 6.08 Å². The molecule has 2 N–H and O–H groups in total. The molecule has 0 aliphatic heterocycles. The van der Waals surface area contributed by atoms with E-state index in [1.807, 2.05) is 6.07 Å². The Bertz CT molecular complexity index is 1490. The molecule has 0 radical (unpaired) electrons. The van der Waals surface area contributed by atoms with Gasteiger partial charge in [0.1, 0.15) is 16.4 Å². The average Bonchev–Trinajstić information content (AvgIpc) is 3.65. The van der Waals surface area contributed by atoms with Gasteiger partial charge in [-0.2, -0.15) is 0 Å². The van der Waals surface area contributed by atoms with Crippen LogP contribution in [0.3, 0.4) is 0 Å². The maximum atomic E-state index is 13.2. The quantitative estimate of drug-likeness (QED) is 0.372. The fraction of sp³-hybridized carbons (Fsp3) is 0.407. The number of hydrogen-bond donors (Lipinski definition) is 2. The maximum Gasteiger partial charge on any atom is 0.343 e. The average molecular weight is 581 g/mol. The van der Waals surface area contributed by atoms with Gasteiger partial charge in [0.2, 0.25) is 0 Å². The van der Waals surface area contributed by atoms with Crippen molar-refractivity contribution in [3.05, 3.63) is 78.2 Å². The topological polar surface area (TPSA) is 96.6 Å². The summed E-state index contributed by atoms with van der Waals surface area (Å²) < 4.78 is 34.7. The molecule has 0 amide bonds. The first-order valence-electron chi connectivity index (χ1n) is 12.4. The molecule has 3 aliphatic rings. The van der Waals surface area contributed by atoms with Crippen molar-refractivity contribution in [2.75, 3.05) is 4.72 Å². The van der Waals surface area contributed by atoms with Crippen LogP contribution in [0.15, 0.2) is 54.5 Å². The van der Waals surface area contributed by atoms with Gasteiger partial charge in [0, 0.05) is 39.9 Å². The van der Waals surface area contributed by atoms with Crippen LogP contribution in [0.1, 0.15) is 73.3 Å². The molecule has 1 fully saturated rings. The zero-order chi connectivity index (χ0) is 26.3. The van der Waals surface area contributed by atoms with Crippen LogP contribution in [0, 0.1) is 5.92 Å². The lowest BCUT2D eigenvalue weighted by molar-refractivity contribution is 0.382. The summed E-state index contributed by atoms with van der Waals surface area (Å²) in [5, 5.41) is 11.8. The molecule has 1 atom stereocenters. The first kappa shape index (κ1) is 26.5. The van der Waals surface area contributed by atoms with Gasteiger partial charge in [-0.3, -0.25) is 4.72 Å². The van der Waals surface area contributed by atoms with Crippen LogP contribution in [0.4, 0.5) is 5.69 Å². The third kappa shape index (κ3) is 5.53. The highest BCUT2D eigenvalue weighted by Crippen LogP contribution is 2.49. The Morgan fingerprint density at radius 3 is 2.57 bits per heavy atom. The van der Waals surface area contributed by atoms with Crippen molar-refractivity contribution >= 4 is 56.0 Å². The van der Waals surface area contributed by atoms with Crippen LogP contribution in [-0.2, 0) is 22.9 Å². The molecule has 5 rings (SSSR count). The van der Waals surface area contributed by atoms with Crippen LogP contribution in [-0.4, -0.2) is 18.4 Å². The van der Waals surface area contributed by atoms with Crippen molar-refractivity contribution in [2.45, 2.75) is 63.7 Å². The number of sulfonamides is 1. The zero-order valence-electron chi connectivity index (χ0n) is 20.1. The Hall–Kier alpha value is -2.13. The third-order valence-electron chi connectivity index (χ3n) is 7.19. The molecule has 1 aromatic carbocycles. The van der Waals surface area contributed by atoms with E-state index in [-0.39, 0.29) is 38.5 Å². The van der Waals surface area contributed by atoms with Gasteiger partial charge in [-0.1, -0.05) is 60.4 Å². The van der Waals surface area contributed by atoms with Crippen molar-refractivity contribution in [3.63, 3.8) is 0 Å². The van der Waals surface area contributed by atoms with E-state index in [2.05, 4.69) is 4.72 Å². The Balaban J connectivity index is 1.51. The van der Waals surface area contributed by atoms with Crippen LogP contribution in [0.25, 0.3) is 0 Å². The minimum atomic E-state index is -4.03. The number of anilines is 1. The SMILES string of the molecule is O=c1oc2c(c(O)c1C(c1cccc(NS(=O)(=O)C3=CC(Cl)=C(Cl)CC3=S)c1)C1CC1)CCCCCC2. The molecule has 37 heavy (non-hydrogen) atoms. The Morgan fingerprint density at radius 1 is 1.11 bits per heavy atom. The zero-order valence-corrected chi connectivity index (χ0v) is 23.2. The number of fused-ring (bicyclic) bond motifs is 1. The van der Waals surface area contributed by atoms with E-state index in [0.717, 1.165) is 49.7 Å². The van der Waals surface area contributed by atoms with Gasteiger partial charge in [-0.05, 0) is 61.8 Å². The lowest BCUT2D eigenvalue weighted by Gasteiger charge is -2.22. The summed E-state index contributed by atoms with van der Waals surface area (Å²) in [6, 6.07) is 6.91. The van der Waals surface area contributed by atoms with Gasteiger partial charge in [0.15, 0.2) is 0 Å². The minimum absolute atomic E-state index is 0.0343. The molecule has 1 saturated carbocycles. The van der Waals surface area contributed by atoms with Crippen molar-refractivity contribution in [1.29, 1.82) is 0 Å². The molecule has 10 heteroatoms. The first-order valence-corrected chi connectivity index (χ1v) is 15.1. The number of allylic oxidation sites excluding steroid dienone is 4. The predicted octanol–water partition coefficient (Wildman–Crippen LogP) is 6.63. The number of rotatable bonds is 6. The number of aromatic hydroxyl groups is 1. The Labute approximate surface area is 231 Å². The number of nitrogens with one attached hydrogen (secondary N) is 1. The second-order valence-corrected chi connectivity index (χ2v) is 12.9. The Kier molecular flexibility index (Phi) is 7.56. The van der Waals surface area contributed by atoms with Crippen molar-refractivity contribution in [3.8, 4) is 5.75 Å². The van der Waals surface area contributed by atoms with Gasteiger partial charge in [-0.15, -0.1) is 0 Å². The van der Waals surface area contributed by atoms with Gasteiger partial charge in [0.25, 0.3) is 10.0 Å². The van der Waals surface area contributed by atoms with Crippen LogP contribution < -0.4 is 10.3 Å². The fourth-order valence-electron chi connectivity index (χ4n) is 5.22. The molecular formula is C27H27Cl2NO5S2. The van der Waals surface area contributed by atoms with Crippen LogP contribution >= 0.6 is 35.4 Å². The second-order valence-electron chi connectivity index (χ2n) is 9.88. The Morgan fingerprint density at radius 2 is 1.84 bits per heavy atom. The maximum absolute atomic E-state index is 13.2. The molecule has 1 heterocycles. The fourth-order valence-corrected chi connectivity index (χ4v) is 7.45. The summed E-state index contributed by atoms with van der Waals surface area (Å²) in [4.78, 5) is 13.3. The molecule has 1 unspecified atom stereocenters. The molecule has 3 aliphatic carbocycles. The van der Waals surface area contributed by atoms with E-state index in [0.29, 0.717) is 29.3 Å². The molecular weight excluding hydrogens is 553 g/mol. The van der Waals surface area contributed by atoms with Crippen molar-refractivity contribution in [2.24, 2.45) is 5.92 Å². The van der Waals surface area contributed by atoms with Crippen LogP contribution in [0.5, 0.6) is 5.75 Å². The third-order valence-corrected chi connectivity index (χ3v) is 9.91. The smallest absolute Gasteiger partial charge is 0.343 e. The molecule has 0 spiro atoms.